The SMILES string of the molecule is OCc1ccc2nc(C(F)(F)F)sc2c1. The average Bonchev–Trinajstić information content (AvgIpc) is 2.59. The van der Waals surface area contributed by atoms with Crippen LogP contribution in [0.25, 0.3) is 10.2 Å². The molecule has 2 aromatic rings. The Morgan fingerprint density at radius 1 is 1.33 bits per heavy atom. The normalized spacial score (nSPS) is 12.3. The molecule has 0 aliphatic carbocycles. The molecule has 80 valence electrons. The summed E-state index contributed by atoms with van der Waals surface area (Å²) in [6.45, 7) is -0.185. The highest BCUT2D eigenvalue weighted by molar-refractivity contribution is 7.18. The Hall–Kier alpha value is -1.14. The van der Waals surface area contributed by atoms with Gasteiger partial charge in [-0.05, 0) is 17.7 Å². The van der Waals surface area contributed by atoms with Gasteiger partial charge in [-0.1, -0.05) is 6.07 Å². The molecule has 0 saturated heterocycles. The maximum atomic E-state index is 12.3. The van der Waals surface area contributed by atoms with Crippen molar-refractivity contribution < 1.29 is 18.3 Å². The number of aliphatic hydroxyl groups excluding tert-OH is 1. The van der Waals surface area contributed by atoms with E-state index in [1.807, 2.05) is 0 Å². The van der Waals surface area contributed by atoms with Crippen LogP contribution in [0.4, 0.5) is 13.2 Å². The number of aromatic nitrogens is 1. The molecular formula is C9H6F3NOS. The highest BCUT2D eigenvalue weighted by Crippen LogP contribution is 2.35. The quantitative estimate of drug-likeness (QED) is 0.821. The number of rotatable bonds is 1. The molecule has 0 fully saturated rings. The number of halogens is 3. The van der Waals surface area contributed by atoms with Crippen LogP contribution in [-0.2, 0) is 12.8 Å². The Morgan fingerprint density at radius 2 is 2.07 bits per heavy atom. The molecule has 0 aliphatic rings. The fourth-order valence-corrected chi connectivity index (χ4v) is 2.09. The highest BCUT2D eigenvalue weighted by Gasteiger charge is 2.34. The van der Waals surface area contributed by atoms with Crippen LogP contribution in [0, 0.1) is 0 Å². The Labute approximate surface area is 87.0 Å². The van der Waals surface area contributed by atoms with Crippen molar-refractivity contribution in [1.29, 1.82) is 0 Å². The summed E-state index contributed by atoms with van der Waals surface area (Å²) in [5.41, 5.74) is 0.893. The smallest absolute Gasteiger partial charge is 0.392 e. The van der Waals surface area contributed by atoms with Crippen LogP contribution in [0.3, 0.4) is 0 Å². The lowest BCUT2D eigenvalue weighted by atomic mass is 10.2. The topological polar surface area (TPSA) is 33.1 Å². The Morgan fingerprint density at radius 3 is 2.67 bits per heavy atom. The van der Waals surface area contributed by atoms with E-state index >= 15 is 0 Å². The molecule has 0 saturated carbocycles. The average molecular weight is 233 g/mol. The van der Waals surface area contributed by atoms with Gasteiger partial charge in [-0.2, -0.15) is 13.2 Å². The van der Waals surface area contributed by atoms with E-state index in [0.29, 0.717) is 27.1 Å². The van der Waals surface area contributed by atoms with Crippen LogP contribution in [0.15, 0.2) is 18.2 Å². The predicted octanol–water partition coefficient (Wildman–Crippen LogP) is 2.81. The largest absolute Gasteiger partial charge is 0.443 e. The molecule has 0 aliphatic heterocycles. The summed E-state index contributed by atoms with van der Waals surface area (Å²) in [6.07, 6.45) is -4.40. The highest BCUT2D eigenvalue weighted by atomic mass is 32.1. The molecule has 0 spiro atoms. The Balaban J connectivity index is 2.56. The number of alkyl halides is 3. The zero-order chi connectivity index (χ0) is 11.1. The van der Waals surface area contributed by atoms with Gasteiger partial charge < -0.3 is 5.11 Å². The van der Waals surface area contributed by atoms with Crippen molar-refractivity contribution >= 4 is 21.6 Å². The van der Waals surface area contributed by atoms with Crippen LogP contribution in [-0.4, -0.2) is 10.1 Å². The van der Waals surface area contributed by atoms with Crippen LogP contribution >= 0.6 is 11.3 Å². The fraction of sp³-hybridized carbons (Fsp3) is 0.222. The van der Waals surface area contributed by atoms with Gasteiger partial charge in [-0.15, -0.1) is 11.3 Å². The van der Waals surface area contributed by atoms with E-state index in [9.17, 15) is 13.2 Å². The van der Waals surface area contributed by atoms with E-state index in [2.05, 4.69) is 4.98 Å². The zero-order valence-corrected chi connectivity index (χ0v) is 8.19. The Bertz CT molecular complexity index is 492. The number of hydrogen-bond acceptors (Lipinski definition) is 3. The van der Waals surface area contributed by atoms with Crippen molar-refractivity contribution in [2.45, 2.75) is 12.8 Å². The van der Waals surface area contributed by atoms with E-state index in [1.54, 1.807) is 6.07 Å². The van der Waals surface area contributed by atoms with Crippen molar-refractivity contribution in [1.82, 2.24) is 4.98 Å². The molecular weight excluding hydrogens is 227 g/mol. The van der Waals surface area contributed by atoms with Gasteiger partial charge in [0.2, 0.25) is 0 Å². The number of nitrogens with zero attached hydrogens (tertiary/aromatic N) is 1. The van der Waals surface area contributed by atoms with Gasteiger partial charge in [0, 0.05) is 0 Å². The standard InChI is InChI=1S/C9H6F3NOS/c10-9(11,12)8-13-6-2-1-5(4-14)3-7(6)15-8/h1-3,14H,4H2. The molecule has 1 heterocycles. The van der Waals surface area contributed by atoms with Gasteiger partial charge in [0.05, 0.1) is 16.8 Å². The zero-order valence-electron chi connectivity index (χ0n) is 7.38. The minimum Gasteiger partial charge on any atom is -0.392 e. The third-order valence-electron chi connectivity index (χ3n) is 1.88. The number of hydrogen-bond donors (Lipinski definition) is 1. The molecule has 0 bridgehead atoms. The summed E-state index contributed by atoms with van der Waals surface area (Å²) < 4.78 is 37.4. The summed E-state index contributed by atoms with van der Waals surface area (Å²) in [7, 11) is 0. The van der Waals surface area contributed by atoms with E-state index in [-0.39, 0.29) is 6.61 Å². The molecule has 0 atom stereocenters. The van der Waals surface area contributed by atoms with Gasteiger partial charge in [-0.3, -0.25) is 0 Å². The van der Waals surface area contributed by atoms with Gasteiger partial charge in [0.25, 0.3) is 0 Å². The molecule has 15 heavy (non-hydrogen) atoms. The van der Waals surface area contributed by atoms with E-state index < -0.39 is 11.2 Å². The second-order valence-corrected chi connectivity index (χ2v) is 4.01. The molecule has 2 nitrogen and oxygen atoms in total. The van der Waals surface area contributed by atoms with Crippen LogP contribution in [0.1, 0.15) is 10.6 Å². The first-order valence-electron chi connectivity index (χ1n) is 4.08. The third-order valence-corrected chi connectivity index (χ3v) is 2.94. The summed E-state index contributed by atoms with van der Waals surface area (Å²) in [5, 5.41) is 7.97. The van der Waals surface area contributed by atoms with Crippen molar-refractivity contribution in [3.8, 4) is 0 Å². The second-order valence-electron chi connectivity index (χ2n) is 2.98. The monoisotopic (exact) mass is 233 g/mol. The van der Waals surface area contributed by atoms with Crippen molar-refractivity contribution in [3.05, 3.63) is 28.8 Å². The molecule has 0 radical (unpaired) electrons. The lowest BCUT2D eigenvalue weighted by Crippen LogP contribution is -2.03. The lowest BCUT2D eigenvalue weighted by molar-refractivity contribution is -0.137. The second kappa shape index (κ2) is 3.46. The lowest BCUT2D eigenvalue weighted by Gasteiger charge is -1.98. The van der Waals surface area contributed by atoms with E-state index in [0.717, 1.165) is 0 Å². The van der Waals surface area contributed by atoms with Crippen molar-refractivity contribution in [3.63, 3.8) is 0 Å². The first-order chi connectivity index (χ1) is 7.00. The molecule has 1 N–H and O–H groups in total. The number of aliphatic hydroxyl groups is 1. The Kier molecular flexibility index (Phi) is 2.40. The summed E-state index contributed by atoms with van der Waals surface area (Å²) in [6, 6.07) is 4.55. The summed E-state index contributed by atoms with van der Waals surface area (Å²) in [5.74, 6) is 0. The first-order valence-corrected chi connectivity index (χ1v) is 4.90. The minimum atomic E-state index is -4.40. The van der Waals surface area contributed by atoms with Gasteiger partial charge in [0.15, 0.2) is 5.01 Å². The summed E-state index contributed by atoms with van der Waals surface area (Å²) in [4.78, 5) is 3.47. The fourth-order valence-electron chi connectivity index (χ4n) is 1.19. The molecule has 6 heteroatoms. The maximum Gasteiger partial charge on any atom is 0.443 e. The van der Waals surface area contributed by atoms with Crippen LogP contribution in [0.2, 0.25) is 0 Å². The van der Waals surface area contributed by atoms with E-state index in [4.69, 9.17) is 5.11 Å². The van der Waals surface area contributed by atoms with Gasteiger partial charge in [-0.25, -0.2) is 4.98 Å². The summed E-state index contributed by atoms with van der Waals surface area (Å²) >= 11 is 0.587. The predicted molar refractivity (Wildman–Crippen MR) is 50.5 cm³/mol. The van der Waals surface area contributed by atoms with Crippen LogP contribution in [0.5, 0.6) is 0 Å². The maximum absolute atomic E-state index is 12.3. The molecule has 2 rings (SSSR count). The molecule has 0 amide bonds. The molecule has 1 aromatic heterocycles. The van der Waals surface area contributed by atoms with Gasteiger partial charge in [0.1, 0.15) is 0 Å². The molecule has 0 unspecified atom stereocenters. The molecule has 1 aromatic carbocycles. The third kappa shape index (κ3) is 1.95. The number of fused-ring (bicyclic) bond motifs is 1. The van der Waals surface area contributed by atoms with Crippen molar-refractivity contribution in [2.24, 2.45) is 0 Å². The van der Waals surface area contributed by atoms with Gasteiger partial charge >= 0.3 is 6.18 Å². The number of benzene rings is 1. The van der Waals surface area contributed by atoms with E-state index in [1.165, 1.54) is 12.1 Å². The van der Waals surface area contributed by atoms with Crippen molar-refractivity contribution in [2.75, 3.05) is 0 Å². The minimum absolute atomic E-state index is 0.185. The first kappa shape index (κ1) is 10.4. The number of thiazole rings is 1. The van der Waals surface area contributed by atoms with Crippen LogP contribution < -0.4 is 0 Å².